The summed E-state index contributed by atoms with van der Waals surface area (Å²) in [5.74, 6) is 0. The molecule has 0 aromatic heterocycles. The highest BCUT2D eigenvalue weighted by Crippen LogP contribution is 2.23. The molecule has 0 nitrogen and oxygen atoms in total. The summed E-state index contributed by atoms with van der Waals surface area (Å²) < 4.78 is 0. The lowest BCUT2D eigenvalue weighted by Crippen LogP contribution is -2.33. The van der Waals surface area contributed by atoms with E-state index in [0.717, 1.165) is 5.50 Å². The first-order valence-electron chi connectivity index (χ1n) is 7.17. The van der Waals surface area contributed by atoms with Gasteiger partial charge in [-0.05, 0) is 18.1 Å². The molecule has 122 valence electrons. The summed E-state index contributed by atoms with van der Waals surface area (Å²) in [4.78, 5) is 0. The van der Waals surface area contributed by atoms with Crippen molar-refractivity contribution in [3.63, 3.8) is 0 Å². The standard InChI is InChI=1S/C7H17ClSi.C6H15ClSi.2CH4/c1-4-9(5-2,6-3)7-8;1-4-8(7,5-2)6-3;;/h4-7H2,1-3H3;4-6H2,1-3H3;2*1H4. The van der Waals surface area contributed by atoms with Gasteiger partial charge in [-0.2, -0.15) is 11.1 Å². The summed E-state index contributed by atoms with van der Waals surface area (Å²) in [5, 5.41) is 0. The summed E-state index contributed by atoms with van der Waals surface area (Å²) in [5.41, 5.74) is 0.955. The van der Waals surface area contributed by atoms with Crippen LogP contribution in [-0.2, 0) is 0 Å². The maximum absolute atomic E-state index is 6.23. The molecule has 0 aliphatic heterocycles. The molecule has 0 unspecified atom stereocenters. The lowest BCUT2D eigenvalue weighted by Gasteiger charge is -2.24. The third-order valence-electron chi connectivity index (χ3n) is 4.43. The van der Waals surface area contributed by atoms with Gasteiger partial charge in [-0.3, -0.25) is 0 Å². The quantitative estimate of drug-likeness (QED) is 0.250. The molecular formula is C15H40Cl2Si2. The molecule has 0 saturated carbocycles. The third-order valence-corrected chi connectivity index (χ3v) is 17.4. The molecule has 0 amide bonds. The fourth-order valence-corrected chi connectivity index (χ4v) is 7.05. The molecule has 0 aromatic rings. The normalized spacial score (nSPS) is 10.7. The van der Waals surface area contributed by atoms with Crippen molar-refractivity contribution < 1.29 is 0 Å². The predicted molar refractivity (Wildman–Crippen MR) is 104 cm³/mol. The van der Waals surface area contributed by atoms with E-state index in [4.69, 9.17) is 22.7 Å². The molecule has 0 rings (SSSR count). The third kappa shape index (κ3) is 11.4. The van der Waals surface area contributed by atoms with E-state index in [9.17, 15) is 0 Å². The van der Waals surface area contributed by atoms with E-state index in [2.05, 4.69) is 41.5 Å². The topological polar surface area (TPSA) is 0 Å². The monoisotopic (exact) mass is 346 g/mol. The largest absolute Gasteiger partial charge is 0.167 e. The van der Waals surface area contributed by atoms with Crippen LogP contribution in [0.1, 0.15) is 56.4 Å². The Hall–Kier alpha value is 1.01. The lowest BCUT2D eigenvalue weighted by atomic mass is 10.9. The van der Waals surface area contributed by atoms with E-state index in [1.165, 1.54) is 36.3 Å². The van der Waals surface area contributed by atoms with E-state index in [1.807, 2.05) is 0 Å². The van der Waals surface area contributed by atoms with Crippen molar-refractivity contribution in [1.82, 2.24) is 0 Å². The molecule has 0 spiro atoms. The lowest BCUT2D eigenvalue weighted by molar-refractivity contribution is 1.17. The van der Waals surface area contributed by atoms with Crippen LogP contribution in [0.25, 0.3) is 0 Å². The summed E-state index contributed by atoms with van der Waals surface area (Å²) in [7, 11) is -2.12. The second-order valence-corrected chi connectivity index (χ2v) is 17.9. The van der Waals surface area contributed by atoms with Gasteiger partial charge >= 0.3 is 0 Å². The minimum atomic E-state index is -1.20. The van der Waals surface area contributed by atoms with Crippen LogP contribution in [0.5, 0.6) is 0 Å². The number of alkyl halides is 1. The van der Waals surface area contributed by atoms with E-state index in [0.29, 0.717) is 0 Å². The van der Waals surface area contributed by atoms with Crippen molar-refractivity contribution in [3.8, 4) is 0 Å². The molecule has 0 saturated heterocycles. The van der Waals surface area contributed by atoms with Crippen LogP contribution in [-0.4, -0.2) is 21.0 Å². The van der Waals surface area contributed by atoms with E-state index in [1.54, 1.807) is 0 Å². The zero-order valence-electron chi connectivity index (χ0n) is 12.7. The van der Waals surface area contributed by atoms with Gasteiger partial charge in [-0.1, -0.05) is 74.5 Å². The Morgan fingerprint density at radius 1 is 0.632 bits per heavy atom. The Balaban J connectivity index is -0.000000108. The van der Waals surface area contributed by atoms with Crippen molar-refractivity contribution >= 4 is 38.1 Å². The molecule has 4 heteroatoms. The zero-order valence-corrected chi connectivity index (χ0v) is 16.2. The minimum Gasteiger partial charge on any atom is -0.167 e. The SMILES string of the molecule is C.C.CC[Si](CC)(CC)CCl.CC[Si](Cl)(CC)CC. The van der Waals surface area contributed by atoms with Crippen LogP contribution in [0, 0.1) is 0 Å². The maximum Gasteiger partial charge on any atom is 0.155 e. The van der Waals surface area contributed by atoms with Gasteiger partial charge in [0.15, 0.2) is 7.38 Å². The molecule has 19 heavy (non-hydrogen) atoms. The van der Waals surface area contributed by atoms with Crippen molar-refractivity contribution in [1.29, 1.82) is 0 Å². The second-order valence-electron chi connectivity index (χ2n) is 4.91. The Bertz CT molecular complexity index is 142. The van der Waals surface area contributed by atoms with E-state index in [-0.39, 0.29) is 14.9 Å². The molecule has 0 atom stereocenters. The Labute approximate surface area is 136 Å². The molecule has 0 N–H and O–H groups in total. The predicted octanol–water partition coefficient (Wildman–Crippen LogP) is 7.78. The van der Waals surface area contributed by atoms with Crippen LogP contribution >= 0.6 is 22.7 Å². The van der Waals surface area contributed by atoms with Crippen LogP contribution < -0.4 is 0 Å². The highest BCUT2D eigenvalue weighted by atomic mass is 35.6. The fourth-order valence-electron chi connectivity index (χ4n) is 1.78. The van der Waals surface area contributed by atoms with Crippen molar-refractivity contribution in [2.75, 3.05) is 5.50 Å². The minimum absolute atomic E-state index is 0. The van der Waals surface area contributed by atoms with Crippen LogP contribution in [0.15, 0.2) is 0 Å². The van der Waals surface area contributed by atoms with Gasteiger partial charge in [0, 0.05) is 5.50 Å². The van der Waals surface area contributed by atoms with Gasteiger partial charge in [-0.25, -0.2) is 0 Å². The molecule has 0 bridgehead atoms. The number of halogens is 2. The van der Waals surface area contributed by atoms with Crippen LogP contribution in [0.3, 0.4) is 0 Å². The molecule has 0 aromatic carbocycles. The van der Waals surface area contributed by atoms with Gasteiger partial charge in [0.25, 0.3) is 0 Å². The maximum atomic E-state index is 6.23. The van der Waals surface area contributed by atoms with Crippen LogP contribution in [0.4, 0.5) is 0 Å². The first kappa shape index (κ1) is 28.2. The number of hydrogen-bond donors (Lipinski definition) is 0. The van der Waals surface area contributed by atoms with Gasteiger partial charge < -0.3 is 0 Å². The van der Waals surface area contributed by atoms with Gasteiger partial charge in [0.05, 0.1) is 8.07 Å². The molecule has 0 aliphatic rings. The van der Waals surface area contributed by atoms with Gasteiger partial charge in [0.2, 0.25) is 0 Å². The Morgan fingerprint density at radius 3 is 0.895 bits per heavy atom. The highest BCUT2D eigenvalue weighted by Gasteiger charge is 2.24. The van der Waals surface area contributed by atoms with Crippen molar-refractivity contribution in [2.24, 2.45) is 0 Å². The number of rotatable bonds is 7. The summed E-state index contributed by atoms with van der Waals surface area (Å²) in [6.45, 7) is 13.4. The average molecular weight is 348 g/mol. The van der Waals surface area contributed by atoms with E-state index >= 15 is 0 Å². The molecule has 0 heterocycles. The van der Waals surface area contributed by atoms with Crippen LogP contribution in [0.2, 0.25) is 36.3 Å². The molecular weight excluding hydrogens is 307 g/mol. The summed E-state index contributed by atoms with van der Waals surface area (Å²) in [6, 6.07) is 7.72. The van der Waals surface area contributed by atoms with Gasteiger partial charge in [0.1, 0.15) is 0 Å². The van der Waals surface area contributed by atoms with Gasteiger partial charge in [-0.15, -0.1) is 11.6 Å². The Morgan fingerprint density at radius 2 is 0.895 bits per heavy atom. The Kier molecular flexibility index (Phi) is 22.9. The summed E-state index contributed by atoms with van der Waals surface area (Å²) >= 11 is 12.1. The second kappa shape index (κ2) is 15.4. The van der Waals surface area contributed by atoms with Crippen molar-refractivity contribution in [3.05, 3.63) is 0 Å². The smallest absolute Gasteiger partial charge is 0.155 e. The highest BCUT2D eigenvalue weighted by molar-refractivity contribution is 7.20. The zero-order chi connectivity index (χ0) is 13.9. The summed E-state index contributed by atoms with van der Waals surface area (Å²) in [6.07, 6.45) is 0. The van der Waals surface area contributed by atoms with E-state index < -0.39 is 15.5 Å². The number of hydrogen-bond acceptors (Lipinski definition) is 0. The fraction of sp³-hybridized carbons (Fsp3) is 1.00. The molecule has 0 radical (unpaired) electrons. The first-order chi connectivity index (χ1) is 7.92. The molecule has 0 fully saturated rings. The first-order valence-corrected chi connectivity index (χ1v) is 14.2. The van der Waals surface area contributed by atoms with Crippen molar-refractivity contribution in [2.45, 2.75) is 92.7 Å². The average Bonchev–Trinajstić information content (AvgIpc) is 2.42. The molecule has 0 aliphatic carbocycles.